The van der Waals surface area contributed by atoms with Gasteiger partial charge in [-0.15, -0.1) is 0 Å². The maximum atomic E-state index is 13.6. The van der Waals surface area contributed by atoms with E-state index < -0.39 is 52.7 Å². The lowest BCUT2D eigenvalue weighted by Crippen LogP contribution is -2.55. The minimum absolute atomic E-state index is 0.0552. The van der Waals surface area contributed by atoms with Crippen molar-refractivity contribution < 1.29 is 42.6 Å². The van der Waals surface area contributed by atoms with Gasteiger partial charge >= 0.3 is 0 Å². The summed E-state index contributed by atoms with van der Waals surface area (Å²) in [5.41, 5.74) is 1.87. The van der Waals surface area contributed by atoms with Gasteiger partial charge < -0.3 is 30.3 Å². The van der Waals surface area contributed by atoms with Crippen LogP contribution >= 0.6 is 0 Å². The van der Waals surface area contributed by atoms with E-state index in [4.69, 9.17) is 14.5 Å². The molecule has 4 fully saturated rings. The Balaban J connectivity index is 0.701. The van der Waals surface area contributed by atoms with Crippen LogP contribution in [0.2, 0.25) is 0 Å². The minimum atomic E-state index is -1.18. The molecule has 3 aromatic carbocycles. The number of imide groups is 2. The van der Waals surface area contributed by atoms with Gasteiger partial charge in [-0.1, -0.05) is 0 Å². The maximum Gasteiger partial charge on any atom is 0.266 e. The number of methoxy groups -OCH3 is 1. The lowest BCUT2D eigenvalue weighted by atomic mass is 9.88. The molecule has 19 heteroatoms. The quantitative estimate of drug-likeness (QED) is 0.0696. The first kappa shape index (κ1) is 48.1. The summed E-state index contributed by atoms with van der Waals surface area (Å²) in [6, 6.07) is 19.2. The largest absolute Gasteiger partial charge is 0.495 e. The molecule has 4 N–H and O–H groups in total. The molecule has 1 unspecified atom stereocenters. The molecule has 72 heavy (non-hydrogen) atoms. The number of ether oxygens (including phenoxy) is 2. The number of aromatic nitrogens is 2. The number of carbonyl (C=O) groups excluding carboxylic acids is 6. The molecule has 3 atom stereocenters. The number of carbonyl (C=O) groups is 6. The maximum absolute atomic E-state index is 13.6. The highest BCUT2D eigenvalue weighted by Gasteiger charge is 2.56. The fourth-order valence-corrected chi connectivity index (χ4v) is 10.5. The van der Waals surface area contributed by atoms with Gasteiger partial charge in [0.1, 0.15) is 40.3 Å². The summed E-state index contributed by atoms with van der Waals surface area (Å²) in [6.07, 6.45) is 6.24. The van der Waals surface area contributed by atoms with Crippen LogP contribution in [-0.2, 0) is 19.2 Å². The van der Waals surface area contributed by atoms with Crippen LogP contribution in [-0.4, -0.2) is 131 Å². The Kier molecular flexibility index (Phi) is 13.3. The molecule has 374 valence electrons. The van der Waals surface area contributed by atoms with E-state index >= 15 is 0 Å². The van der Waals surface area contributed by atoms with Crippen molar-refractivity contribution >= 4 is 69.2 Å². The molecule has 2 aromatic heterocycles. The highest BCUT2D eigenvalue weighted by atomic mass is 19.1. The Morgan fingerprint density at radius 3 is 2.10 bits per heavy atom. The van der Waals surface area contributed by atoms with Crippen LogP contribution in [0.15, 0.2) is 85.2 Å². The summed E-state index contributed by atoms with van der Waals surface area (Å²) < 4.78 is 25.7. The van der Waals surface area contributed by atoms with E-state index in [1.54, 1.807) is 43.6 Å². The van der Waals surface area contributed by atoms with Gasteiger partial charge in [-0.05, 0) is 125 Å². The molecular formula is C53H57FN10O8. The normalized spacial score (nSPS) is 20.1. The van der Waals surface area contributed by atoms with Gasteiger partial charge in [0.25, 0.3) is 11.8 Å². The van der Waals surface area contributed by atoms with E-state index in [9.17, 15) is 33.2 Å². The molecule has 0 radical (unpaired) electrons. The van der Waals surface area contributed by atoms with E-state index in [1.807, 2.05) is 6.07 Å². The molecule has 0 bridgehead atoms. The first-order valence-electron chi connectivity index (χ1n) is 24.6. The van der Waals surface area contributed by atoms with E-state index in [0.717, 1.165) is 79.3 Å². The number of pyridine rings is 2. The van der Waals surface area contributed by atoms with Crippen molar-refractivity contribution in [3.63, 3.8) is 0 Å². The SMILES string of the molecule is COc1cc2c(Oc3ccc(NC(=O)C4(C(=O)Nc5ccc(F)cc5)CC4)cc3)ccnc2cc1N1CCC([C@H](C)N2CCN([C@@H](C)CNc3nccc4c3C(=O)N(C3CCC(=O)NC3=O)C4=O)CC2)CC1. The number of hydrogen-bond donors (Lipinski definition) is 4. The first-order chi connectivity index (χ1) is 34.8. The predicted molar refractivity (Wildman–Crippen MR) is 267 cm³/mol. The lowest BCUT2D eigenvalue weighted by Gasteiger charge is -2.45. The number of halogens is 1. The lowest BCUT2D eigenvalue weighted by molar-refractivity contribution is -0.136. The Morgan fingerprint density at radius 1 is 0.792 bits per heavy atom. The predicted octanol–water partition coefficient (Wildman–Crippen LogP) is 6.05. The molecule has 6 amide bonds. The van der Waals surface area contributed by atoms with E-state index in [2.05, 4.69) is 60.9 Å². The van der Waals surface area contributed by atoms with Crippen LogP contribution in [0, 0.1) is 17.2 Å². The summed E-state index contributed by atoms with van der Waals surface area (Å²) >= 11 is 0. The fourth-order valence-electron chi connectivity index (χ4n) is 10.5. The smallest absolute Gasteiger partial charge is 0.266 e. The molecule has 1 aliphatic carbocycles. The van der Waals surface area contributed by atoms with Crippen molar-refractivity contribution in [3.05, 3.63) is 102 Å². The zero-order valence-electron chi connectivity index (χ0n) is 40.4. The molecule has 3 saturated heterocycles. The average Bonchev–Trinajstić information content (AvgIpc) is 4.18. The molecule has 10 rings (SSSR count). The van der Waals surface area contributed by atoms with Gasteiger partial charge in [0.15, 0.2) is 0 Å². The molecule has 4 aliphatic heterocycles. The first-order valence-corrected chi connectivity index (χ1v) is 24.6. The van der Waals surface area contributed by atoms with Crippen molar-refractivity contribution in [2.75, 3.05) is 73.8 Å². The highest BCUT2D eigenvalue weighted by Crippen LogP contribution is 2.48. The minimum Gasteiger partial charge on any atom is -0.495 e. The molecule has 6 heterocycles. The second kappa shape index (κ2) is 19.9. The van der Waals surface area contributed by atoms with Gasteiger partial charge in [-0.2, -0.15) is 0 Å². The van der Waals surface area contributed by atoms with Crippen LogP contribution in [0.3, 0.4) is 0 Å². The topological polar surface area (TPSA) is 208 Å². The van der Waals surface area contributed by atoms with Crippen molar-refractivity contribution in [2.24, 2.45) is 11.3 Å². The van der Waals surface area contributed by atoms with Crippen LogP contribution < -0.4 is 35.6 Å². The second-order valence-electron chi connectivity index (χ2n) is 19.4. The summed E-state index contributed by atoms with van der Waals surface area (Å²) in [5.74, 6) is -0.738. The Bertz CT molecular complexity index is 2940. The fraction of sp³-hybridized carbons (Fsp3) is 0.396. The second-order valence-corrected chi connectivity index (χ2v) is 19.4. The van der Waals surface area contributed by atoms with Crippen molar-refractivity contribution in [2.45, 2.75) is 70.5 Å². The van der Waals surface area contributed by atoms with Gasteiger partial charge in [0.05, 0.1) is 29.4 Å². The number of anilines is 4. The summed E-state index contributed by atoms with van der Waals surface area (Å²) in [7, 11) is 1.67. The Labute approximate surface area is 415 Å². The van der Waals surface area contributed by atoms with Gasteiger partial charge in [0, 0.05) is 93.5 Å². The van der Waals surface area contributed by atoms with Gasteiger partial charge in [-0.25, -0.2) is 9.37 Å². The number of nitrogens with zero attached hydrogens (tertiary/aromatic N) is 6. The van der Waals surface area contributed by atoms with Crippen molar-refractivity contribution in [3.8, 4) is 17.2 Å². The van der Waals surface area contributed by atoms with Crippen molar-refractivity contribution in [1.82, 2.24) is 30.0 Å². The molecule has 5 aromatic rings. The molecular weight excluding hydrogens is 924 g/mol. The van der Waals surface area contributed by atoms with E-state index in [0.29, 0.717) is 60.0 Å². The number of rotatable bonds is 15. The van der Waals surface area contributed by atoms with Crippen LogP contribution in [0.1, 0.15) is 73.1 Å². The van der Waals surface area contributed by atoms with Crippen molar-refractivity contribution in [1.29, 1.82) is 0 Å². The molecule has 5 aliphatic rings. The monoisotopic (exact) mass is 980 g/mol. The number of piperidine rings is 2. The number of nitrogens with one attached hydrogen (secondary N) is 4. The standard InChI is InChI=1S/C53H57FN10O8/c1-31(30-57-47-46-38(14-20-56-47)49(67)64(50(46)68)41-12-13-45(65)60-48(41)66)61-24-26-62(27-25-61)32(2)33-16-22-63(23-17-33)42-29-40-39(28-44(42)71-3)43(15-21-55-40)72-37-10-8-36(9-11-37)59-52(70)53(18-19-53)51(69)58-35-6-4-34(54)5-7-35/h4-11,14-15,20-21,28-29,31-33,41H,12-13,16-19,22-27,30H2,1-3H3,(H,56,57)(H,58,69)(H,59,70)(H,60,65,66)/t31-,32-,41?/m0/s1. The third-order valence-corrected chi connectivity index (χ3v) is 15.1. The third kappa shape index (κ3) is 9.53. The third-order valence-electron chi connectivity index (χ3n) is 15.1. The zero-order chi connectivity index (χ0) is 50.3. The van der Waals surface area contributed by atoms with E-state index in [1.165, 1.54) is 36.5 Å². The number of fused-ring (bicyclic) bond motifs is 2. The van der Waals surface area contributed by atoms with Crippen LogP contribution in [0.25, 0.3) is 10.9 Å². The van der Waals surface area contributed by atoms with Gasteiger partial charge in [0.2, 0.25) is 23.6 Å². The molecule has 1 saturated carbocycles. The Morgan fingerprint density at radius 2 is 1.44 bits per heavy atom. The zero-order valence-corrected chi connectivity index (χ0v) is 40.4. The summed E-state index contributed by atoms with van der Waals surface area (Å²) in [4.78, 5) is 94.9. The molecule has 0 spiro atoms. The van der Waals surface area contributed by atoms with E-state index in [-0.39, 0.29) is 30.0 Å². The van der Waals surface area contributed by atoms with Gasteiger partial charge in [-0.3, -0.25) is 53.8 Å². The number of benzene rings is 3. The molecule has 18 nitrogen and oxygen atoms in total. The summed E-state index contributed by atoms with van der Waals surface area (Å²) in [6.45, 7) is 10.3. The van der Waals surface area contributed by atoms with Crippen LogP contribution in [0.5, 0.6) is 17.2 Å². The number of hydrogen-bond acceptors (Lipinski definition) is 14. The Hall–Kier alpha value is -7.51. The van der Waals surface area contributed by atoms with Crippen LogP contribution in [0.4, 0.5) is 27.3 Å². The number of amides is 6. The number of piperazine rings is 1. The summed E-state index contributed by atoms with van der Waals surface area (Å²) in [5, 5.41) is 11.9. The average molecular weight is 981 g/mol. The highest BCUT2D eigenvalue weighted by molar-refractivity contribution is 6.25.